The molecule has 0 bridgehead atoms. The molecule has 3 aromatic carbocycles. The molecule has 0 saturated carbocycles. The van der Waals surface area contributed by atoms with Gasteiger partial charge in [0.25, 0.3) is 10.0 Å². The summed E-state index contributed by atoms with van der Waals surface area (Å²) in [4.78, 5) is 27.6. The standard InChI is InChI=1S/C28H31F2N3O4S/c1-4-17-31-28(35)21(3)32(18-22-11-13-23(29)14-12-22)27(34)19-33(26-8-6-5-7-25(26)30)38(36,37)24-15-9-20(2)10-16-24/h5-16,21H,4,17-19H2,1-3H3,(H,31,35)/t21-/m0/s1. The van der Waals surface area contributed by atoms with Crippen LogP contribution >= 0.6 is 0 Å². The highest BCUT2D eigenvalue weighted by atomic mass is 32.2. The highest BCUT2D eigenvalue weighted by Crippen LogP contribution is 2.27. The maximum Gasteiger partial charge on any atom is 0.264 e. The van der Waals surface area contributed by atoms with E-state index in [1.54, 1.807) is 19.1 Å². The van der Waals surface area contributed by atoms with Crippen LogP contribution in [0.3, 0.4) is 0 Å². The monoisotopic (exact) mass is 543 g/mol. The fourth-order valence-corrected chi connectivity index (χ4v) is 5.19. The van der Waals surface area contributed by atoms with Gasteiger partial charge in [-0.3, -0.25) is 13.9 Å². The lowest BCUT2D eigenvalue weighted by molar-refractivity contribution is -0.139. The van der Waals surface area contributed by atoms with Crippen LogP contribution in [0.15, 0.2) is 77.7 Å². The molecule has 0 aromatic heterocycles. The first kappa shape index (κ1) is 28.8. The molecule has 0 aliphatic heterocycles. The van der Waals surface area contributed by atoms with Crippen LogP contribution in [0, 0.1) is 18.6 Å². The van der Waals surface area contributed by atoms with Crippen molar-refractivity contribution < 1.29 is 26.8 Å². The van der Waals surface area contributed by atoms with Gasteiger partial charge in [-0.05, 0) is 62.2 Å². The summed E-state index contributed by atoms with van der Waals surface area (Å²) in [5.41, 5.74) is 1.06. The highest BCUT2D eigenvalue weighted by Gasteiger charge is 2.33. The number of rotatable bonds is 11. The fourth-order valence-electron chi connectivity index (χ4n) is 3.77. The third kappa shape index (κ3) is 6.95. The molecule has 0 aliphatic rings. The molecule has 10 heteroatoms. The average molecular weight is 544 g/mol. The van der Waals surface area contributed by atoms with E-state index in [-0.39, 0.29) is 17.1 Å². The number of hydrogen-bond acceptors (Lipinski definition) is 4. The lowest BCUT2D eigenvalue weighted by atomic mass is 10.1. The first-order valence-electron chi connectivity index (χ1n) is 12.2. The molecule has 2 amide bonds. The molecule has 38 heavy (non-hydrogen) atoms. The van der Waals surface area contributed by atoms with Gasteiger partial charge in [-0.1, -0.05) is 48.9 Å². The van der Waals surface area contributed by atoms with E-state index in [0.717, 1.165) is 11.6 Å². The van der Waals surface area contributed by atoms with Gasteiger partial charge in [0.15, 0.2) is 0 Å². The number of para-hydroxylation sites is 1. The van der Waals surface area contributed by atoms with Gasteiger partial charge in [-0.2, -0.15) is 0 Å². The zero-order valence-corrected chi connectivity index (χ0v) is 22.3. The lowest BCUT2D eigenvalue weighted by Gasteiger charge is -2.32. The van der Waals surface area contributed by atoms with Gasteiger partial charge >= 0.3 is 0 Å². The molecule has 1 atom stereocenters. The van der Waals surface area contributed by atoms with Crippen molar-refractivity contribution in [1.29, 1.82) is 0 Å². The molecule has 0 heterocycles. The Morgan fingerprint density at radius 2 is 1.58 bits per heavy atom. The van der Waals surface area contributed by atoms with Crippen LogP contribution in [0.5, 0.6) is 0 Å². The number of halogens is 2. The van der Waals surface area contributed by atoms with Crippen LogP contribution in [0.2, 0.25) is 0 Å². The summed E-state index contributed by atoms with van der Waals surface area (Å²) in [5, 5.41) is 2.73. The topological polar surface area (TPSA) is 86.8 Å². The summed E-state index contributed by atoms with van der Waals surface area (Å²) in [6.07, 6.45) is 0.681. The van der Waals surface area contributed by atoms with E-state index in [4.69, 9.17) is 0 Å². The van der Waals surface area contributed by atoms with Crippen molar-refractivity contribution in [2.24, 2.45) is 0 Å². The fraction of sp³-hybridized carbons (Fsp3) is 0.286. The zero-order chi connectivity index (χ0) is 27.9. The molecule has 0 radical (unpaired) electrons. The molecular weight excluding hydrogens is 512 g/mol. The van der Waals surface area contributed by atoms with Crippen LogP contribution in [0.1, 0.15) is 31.4 Å². The molecule has 0 unspecified atom stereocenters. The van der Waals surface area contributed by atoms with Crippen LogP contribution in [0.25, 0.3) is 0 Å². The maximum atomic E-state index is 14.9. The number of hydrogen-bond donors (Lipinski definition) is 1. The van der Waals surface area contributed by atoms with E-state index in [1.807, 2.05) is 6.92 Å². The van der Waals surface area contributed by atoms with E-state index in [9.17, 15) is 26.8 Å². The van der Waals surface area contributed by atoms with Crippen molar-refractivity contribution in [3.8, 4) is 0 Å². The van der Waals surface area contributed by atoms with Gasteiger partial charge in [0.05, 0.1) is 10.6 Å². The van der Waals surface area contributed by atoms with Crippen LogP contribution in [-0.4, -0.2) is 44.3 Å². The molecule has 7 nitrogen and oxygen atoms in total. The molecular formula is C28H31F2N3O4S. The molecule has 0 fully saturated rings. The van der Waals surface area contributed by atoms with Crippen molar-refractivity contribution in [1.82, 2.24) is 10.2 Å². The maximum absolute atomic E-state index is 14.9. The van der Waals surface area contributed by atoms with E-state index in [2.05, 4.69) is 5.32 Å². The Morgan fingerprint density at radius 3 is 2.18 bits per heavy atom. The summed E-state index contributed by atoms with van der Waals surface area (Å²) in [6.45, 7) is 4.75. The van der Waals surface area contributed by atoms with Gasteiger partial charge in [-0.25, -0.2) is 17.2 Å². The third-order valence-electron chi connectivity index (χ3n) is 5.99. The van der Waals surface area contributed by atoms with E-state index < -0.39 is 46.1 Å². The van der Waals surface area contributed by atoms with Gasteiger partial charge in [0, 0.05) is 13.1 Å². The van der Waals surface area contributed by atoms with E-state index in [1.165, 1.54) is 66.4 Å². The zero-order valence-electron chi connectivity index (χ0n) is 21.5. The first-order valence-corrected chi connectivity index (χ1v) is 13.6. The number of nitrogens with one attached hydrogen (secondary N) is 1. The lowest BCUT2D eigenvalue weighted by Crippen LogP contribution is -2.51. The molecule has 3 rings (SSSR count). The summed E-state index contributed by atoms with van der Waals surface area (Å²) in [7, 11) is -4.36. The SMILES string of the molecule is CCCNC(=O)[C@H](C)N(Cc1ccc(F)cc1)C(=O)CN(c1ccccc1F)S(=O)(=O)c1ccc(C)cc1. The highest BCUT2D eigenvalue weighted by molar-refractivity contribution is 7.92. The Hall–Kier alpha value is -3.79. The van der Waals surface area contributed by atoms with Crippen LogP contribution in [-0.2, 0) is 26.2 Å². The second kappa shape index (κ2) is 12.6. The van der Waals surface area contributed by atoms with Gasteiger partial charge in [-0.15, -0.1) is 0 Å². The number of benzene rings is 3. The number of anilines is 1. The molecule has 1 N–H and O–H groups in total. The quantitative estimate of drug-likeness (QED) is 0.388. The summed E-state index contributed by atoms with van der Waals surface area (Å²) in [5.74, 6) is -2.45. The largest absolute Gasteiger partial charge is 0.354 e. The summed E-state index contributed by atoms with van der Waals surface area (Å²) >= 11 is 0. The van der Waals surface area contributed by atoms with Gasteiger partial charge in [0.1, 0.15) is 24.2 Å². The van der Waals surface area contributed by atoms with Crippen LogP contribution in [0.4, 0.5) is 14.5 Å². The summed E-state index contributed by atoms with van der Waals surface area (Å²) < 4.78 is 56.4. The number of carbonyl (C=O) groups is 2. The molecule has 0 spiro atoms. The number of amides is 2. The smallest absolute Gasteiger partial charge is 0.264 e. The minimum absolute atomic E-state index is 0.0878. The average Bonchev–Trinajstić information content (AvgIpc) is 2.90. The Kier molecular flexibility index (Phi) is 9.57. The molecule has 202 valence electrons. The van der Waals surface area contributed by atoms with E-state index in [0.29, 0.717) is 22.8 Å². The normalized spacial score (nSPS) is 12.0. The van der Waals surface area contributed by atoms with Gasteiger partial charge in [0.2, 0.25) is 11.8 Å². The minimum Gasteiger partial charge on any atom is -0.354 e. The Labute approximate surface area is 222 Å². The Morgan fingerprint density at radius 1 is 0.947 bits per heavy atom. The van der Waals surface area contributed by atoms with E-state index >= 15 is 0 Å². The minimum atomic E-state index is -4.36. The van der Waals surface area contributed by atoms with Crippen LogP contribution < -0.4 is 9.62 Å². The predicted octanol–water partition coefficient (Wildman–Crippen LogP) is 4.41. The Balaban J connectivity index is 2.02. The number of carbonyl (C=O) groups excluding carboxylic acids is 2. The second-order valence-electron chi connectivity index (χ2n) is 8.89. The molecule has 3 aromatic rings. The van der Waals surface area contributed by atoms with Crippen molar-refractivity contribution >= 4 is 27.5 Å². The first-order chi connectivity index (χ1) is 18.0. The van der Waals surface area contributed by atoms with Crippen molar-refractivity contribution in [3.63, 3.8) is 0 Å². The molecule has 0 saturated heterocycles. The van der Waals surface area contributed by atoms with Crippen molar-refractivity contribution in [2.45, 2.75) is 44.7 Å². The molecule has 0 aliphatic carbocycles. The second-order valence-corrected chi connectivity index (χ2v) is 10.8. The third-order valence-corrected chi connectivity index (χ3v) is 7.77. The number of nitrogens with zero attached hydrogens (tertiary/aromatic N) is 2. The Bertz CT molecular complexity index is 1360. The number of aryl methyl sites for hydroxylation is 1. The number of sulfonamides is 1. The summed E-state index contributed by atoms with van der Waals surface area (Å²) in [6, 6.07) is 15.7. The van der Waals surface area contributed by atoms with Crippen molar-refractivity contribution in [3.05, 3.63) is 95.6 Å². The van der Waals surface area contributed by atoms with Gasteiger partial charge < -0.3 is 10.2 Å². The van der Waals surface area contributed by atoms with Crippen molar-refractivity contribution in [2.75, 3.05) is 17.4 Å². The predicted molar refractivity (Wildman–Crippen MR) is 142 cm³/mol.